The Bertz CT molecular complexity index is 234. The lowest BCUT2D eigenvalue weighted by atomic mass is 9.68. The van der Waals surface area contributed by atoms with Gasteiger partial charge in [-0.2, -0.15) is 0 Å². The lowest BCUT2D eigenvalue weighted by Gasteiger charge is -2.51. The number of rotatable bonds is 2. The van der Waals surface area contributed by atoms with Gasteiger partial charge in [-0.25, -0.2) is 0 Å². The minimum atomic E-state index is -0.385. The first-order valence-electron chi connectivity index (χ1n) is 5.24. The number of hydrogen-bond donors (Lipinski definition) is 1. The van der Waals surface area contributed by atoms with E-state index in [1.54, 1.807) is 0 Å². The number of carbonyl (C=O) groups excluding carboxylic acids is 1. The van der Waals surface area contributed by atoms with Crippen molar-refractivity contribution in [2.24, 2.45) is 11.8 Å². The molecular weight excluding hydrogens is 202 g/mol. The molecule has 1 N–H and O–H groups in total. The fourth-order valence-electron chi connectivity index (χ4n) is 2.42. The molecule has 0 spiro atoms. The molecule has 1 aliphatic carbocycles. The highest BCUT2D eigenvalue weighted by Crippen LogP contribution is 2.40. The van der Waals surface area contributed by atoms with E-state index in [1.807, 2.05) is 11.8 Å². The van der Waals surface area contributed by atoms with Gasteiger partial charge in [0.1, 0.15) is 5.38 Å². The lowest BCUT2D eigenvalue weighted by molar-refractivity contribution is -0.150. The van der Waals surface area contributed by atoms with Gasteiger partial charge in [-0.05, 0) is 12.8 Å². The largest absolute Gasteiger partial charge is 0.392 e. The van der Waals surface area contributed by atoms with Crippen molar-refractivity contribution in [2.75, 3.05) is 13.1 Å². The van der Waals surface area contributed by atoms with Crippen LogP contribution >= 0.6 is 11.6 Å². The summed E-state index contributed by atoms with van der Waals surface area (Å²) in [6.45, 7) is 3.30. The number of fused-ring (bicyclic) bond motifs is 2. The Hall–Kier alpha value is -0.280. The summed E-state index contributed by atoms with van der Waals surface area (Å²) in [6.07, 6.45) is 1.58. The summed E-state index contributed by atoms with van der Waals surface area (Å²) in [5, 5.41) is 9.17. The monoisotopic (exact) mass is 217 g/mol. The van der Waals surface area contributed by atoms with Gasteiger partial charge in [-0.3, -0.25) is 4.79 Å². The first kappa shape index (κ1) is 10.2. The van der Waals surface area contributed by atoms with Crippen LogP contribution in [-0.4, -0.2) is 40.5 Å². The first-order chi connectivity index (χ1) is 6.63. The van der Waals surface area contributed by atoms with Crippen LogP contribution in [0.2, 0.25) is 0 Å². The van der Waals surface area contributed by atoms with Gasteiger partial charge < -0.3 is 10.0 Å². The Morgan fingerprint density at radius 1 is 1.57 bits per heavy atom. The number of piperidine rings is 2. The number of aliphatic hydroxyl groups excluding tert-OH is 1. The molecule has 0 aromatic heterocycles. The van der Waals surface area contributed by atoms with Crippen molar-refractivity contribution in [3.05, 3.63) is 0 Å². The van der Waals surface area contributed by atoms with Crippen molar-refractivity contribution in [3.8, 4) is 0 Å². The molecule has 3 rings (SSSR count). The normalized spacial score (nSPS) is 37.6. The average molecular weight is 218 g/mol. The molecule has 2 aliphatic heterocycles. The van der Waals surface area contributed by atoms with Crippen LogP contribution in [0.4, 0.5) is 0 Å². The molecule has 2 heterocycles. The molecule has 2 saturated heterocycles. The van der Waals surface area contributed by atoms with Crippen LogP contribution in [0.3, 0.4) is 0 Å². The van der Waals surface area contributed by atoms with Crippen molar-refractivity contribution in [2.45, 2.75) is 31.2 Å². The predicted octanol–water partition coefficient (Wildman–Crippen LogP) is 0.843. The number of alkyl halides is 1. The number of hydrogen-bond acceptors (Lipinski definition) is 2. The summed E-state index contributed by atoms with van der Waals surface area (Å²) in [5.74, 6) is 0.646. The standard InChI is InChI=1S/C10H16ClNO2/c1-2-8(11)10(14)12-4-6-3-7(5-12)9(6)13/h6-9,13H,2-5H2,1H3/t6-,7+,8-,9?/m0/s1. The Morgan fingerprint density at radius 3 is 2.57 bits per heavy atom. The topological polar surface area (TPSA) is 40.5 Å². The van der Waals surface area contributed by atoms with Crippen molar-refractivity contribution in [3.63, 3.8) is 0 Å². The molecule has 3 nitrogen and oxygen atoms in total. The lowest BCUT2D eigenvalue weighted by Crippen LogP contribution is -2.60. The maximum atomic E-state index is 11.7. The highest BCUT2D eigenvalue weighted by Gasteiger charge is 2.47. The van der Waals surface area contributed by atoms with Gasteiger partial charge in [0.25, 0.3) is 0 Å². The minimum absolute atomic E-state index is 0.0377. The fourth-order valence-corrected chi connectivity index (χ4v) is 2.55. The average Bonchev–Trinajstić information content (AvgIpc) is 2.26. The molecule has 14 heavy (non-hydrogen) atoms. The molecule has 1 amide bonds. The van der Waals surface area contributed by atoms with Gasteiger partial charge in [0.05, 0.1) is 6.10 Å². The van der Waals surface area contributed by atoms with E-state index in [4.69, 9.17) is 11.6 Å². The predicted molar refractivity (Wildman–Crippen MR) is 54.1 cm³/mol. The molecule has 4 atom stereocenters. The summed E-state index contributed by atoms with van der Waals surface area (Å²) >= 11 is 5.89. The van der Waals surface area contributed by atoms with Crippen molar-refractivity contribution >= 4 is 17.5 Å². The second kappa shape index (κ2) is 3.70. The molecule has 80 valence electrons. The van der Waals surface area contributed by atoms with E-state index in [9.17, 15) is 9.90 Å². The van der Waals surface area contributed by atoms with Gasteiger partial charge >= 0.3 is 0 Å². The van der Waals surface area contributed by atoms with E-state index in [1.165, 1.54) is 0 Å². The van der Waals surface area contributed by atoms with Crippen LogP contribution in [0.15, 0.2) is 0 Å². The van der Waals surface area contributed by atoms with E-state index >= 15 is 0 Å². The second-order valence-corrected chi connectivity index (χ2v) is 4.89. The second-order valence-electron chi connectivity index (χ2n) is 4.37. The number of aliphatic hydroxyl groups is 1. The van der Waals surface area contributed by atoms with Crippen LogP contribution in [0.5, 0.6) is 0 Å². The van der Waals surface area contributed by atoms with Gasteiger partial charge in [0.2, 0.25) is 5.91 Å². The van der Waals surface area contributed by atoms with Crippen molar-refractivity contribution in [1.82, 2.24) is 4.90 Å². The molecule has 1 unspecified atom stereocenters. The molecule has 0 radical (unpaired) electrons. The highest BCUT2D eigenvalue weighted by atomic mass is 35.5. The van der Waals surface area contributed by atoms with E-state index in [2.05, 4.69) is 0 Å². The van der Waals surface area contributed by atoms with Crippen molar-refractivity contribution < 1.29 is 9.90 Å². The summed E-state index contributed by atoms with van der Waals surface area (Å²) in [6, 6.07) is 0. The Labute approximate surface area is 89.0 Å². The van der Waals surface area contributed by atoms with E-state index < -0.39 is 0 Å². The molecule has 4 heteroatoms. The van der Waals surface area contributed by atoms with Crippen LogP contribution in [0.1, 0.15) is 19.8 Å². The molecule has 0 aromatic carbocycles. The number of carbonyl (C=O) groups is 1. The van der Waals surface area contributed by atoms with Gasteiger partial charge in [0.15, 0.2) is 0 Å². The highest BCUT2D eigenvalue weighted by molar-refractivity contribution is 6.30. The third-order valence-corrected chi connectivity index (χ3v) is 3.91. The minimum Gasteiger partial charge on any atom is -0.392 e. The third kappa shape index (κ3) is 1.52. The Morgan fingerprint density at radius 2 is 2.14 bits per heavy atom. The van der Waals surface area contributed by atoms with Crippen molar-refractivity contribution in [1.29, 1.82) is 0 Å². The number of halogens is 1. The van der Waals surface area contributed by atoms with Crippen LogP contribution in [-0.2, 0) is 4.79 Å². The van der Waals surface area contributed by atoms with E-state index in [0.717, 1.165) is 6.42 Å². The maximum absolute atomic E-state index is 11.7. The van der Waals surface area contributed by atoms with Crippen LogP contribution in [0, 0.1) is 11.8 Å². The van der Waals surface area contributed by atoms with Gasteiger partial charge in [-0.15, -0.1) is 11.6 Å². The molecule has 0 aromatic rings. The zero-order valence-electron chi connectivity index (χ0n) is 8.32. The number of amides is 1. The van der Waals surface area contributed by atoms with Crippen LogP contribution < -0.4 is 0 Å². The van der Waals surface area contributed by atoms with E-state index in [-0.39, 0.29) is 17.4 Å². The van der Waals surface area contributed by atoms with E-state index in [0.29, 0.717) is 31.3 Å². The molecule has 3 aliphatic rings. The van der Waals surface area contributed by atoms with Gasteiger partial charge in [0, 0.05) is 24.9 Å². The summed E-state index contributed by atoms with van der Waals surface area (Å²) in [7, 11) is 0. The quantitative estimate of drug-likeness (QED) is 0.697. The molecule has 1 saturated carbocycles. The van der Waals surface area contributed by atoms with Gasteiger partial charge in [-0.1, -0.05) is 6.92 Å². The molecule has 3 fully saturated rings. The zero-order valence-corrected chi connectivity index (χ0v) is 9.07. The first-order valence-corrected chi connectivity index (χ1v) is 5.68. The summed E-state index contributed by atoms with van der Waals surface area (Å²) in [5.41, 5.74) is 0. The smallest absolute Gasteiger partial charge is 0.240 e. The fraction of sp³-hybridized carbons (Fsp3) is 0.900. The number of nitrogens with zero attached hydrogens (tertiary/aromatic N) is 1. The Balaban J connectivity index is 1.92. The summed E-state index contributed by atoms with van der Waals surface area (Å²) in [4.78, 5) is 13.5. The molecule has 2 bridgehead atoms. The SMILES string of the molecule is CC[C@H](Cl)C(=O)N1C[C@H]2C[C@@H](C1)C2O. The van der Waals surface area contributed by atoms with Crippen LogP contribution in [0.25, 0.3) is 0 Å². The maximum Gasteiger partial charge on any atom is 0.240 e. The summed E-state index contributed by atoms with van der Waals surface area (Å²) < 4.78 is 0. The molecular formula is C10H16ClNO2. The zero-order chi connectivity index (χ0) is 10.3. The Kier molecular flexibility index (Phi) is 2.71. The third-order valence-electron chi connectivity index (χ3n) is 3.42.